The Hall–Kier alpha value is -0.260. The van der Waals surface area contributed by atoms with Gasteiger partial charge in [0.2, 0.25) is 5.91 Å². The van der Waals surface area contributed by atoms with Gasteiger partial charge in [0.05, 0.1) is 12.4 Å². The number of amides is 1. The molecule has 0 radical (unpaired) electrons. The van der Waals surface area contributed by atoms with Crippen molar-refractivity contribution in [3.63, 3.8) is 0 Å². The molecule has 15 heavy (non-hydrogen) atoms. The smallest absolute Gasteiger partial charge is 0.230 e. The van der Waals surface area contributed by atoms with E-state index in [-0.39, 0.29) is 23.8 Å². The molecule has 0 aromatic carbocycles. The molecule has 1 atom stereocenters. The van der Waals surface area contributed by atoms with Gasteiger partial charge in [0.25, 0.3) is 0 Å². The van der Waals surface area contributed by atoms with Crippen LogP contribution in [0.2, 0.25) is 0 Å². The highest BCUT2D eigenvalue weighted by Gasteiger charge is 2.16. The van der Waals surface area contributed by atoms with Gasteiger partial charge in [-0.1, -0.05) is 6.92 Å². The second-order valence-corrected chi connectivity index (χ2v) is 5.19. The van der Waals surface area contributed by atoms with E-state index in [2.05, 4.69) is 5.32 Å². The van der Waals surface area contributed by atoms with Gasteiger partial charge in [-0.2, -0.15) is 0 Å². The predicted octanol–water partition coefficient (Wildman–Crippen LogP) is 0.396. The van der Waals surface area contributed by atoms with Crippen LogP contribution in [0.1, 0.15) is 19.8 Å². The van der Waals surface area contributed by atoms with Crippen LogP contribution in [0.25, 0.3) is 0 Å². The molecule has 0 spiro atoms. The van der Waals surface area contributed by atoms with Gasteiger partial charge in [-0.3, -0.25) is 4.79 Å². The molecule has 2 N–H and O–H groups in total. The lowest BCUT2D eigenvalue weighted by molar-refractivity contribution is -0.119. The molecule has 5 heteroatoms. The number of aliphatic hydroxyl groups is 1. The SMILES string of the molecule is CC(CO)SCC(=O)NC1CCOCC1. The Morgan fingerprint density at radius 2 is 2.27 bits per heavy atom. The number of ether oxygens (including phenoxy) is 1. The van der Waals surface area contributed by atoms with Gasteiger partial charge in [-0.15, -0.1) is 11.8 Å². The third-order valence-corrected chi connectivity index (χ3v) is 3.49. The largest absolute Gasteiger partial charge is 0.395 e. The van der Waals surface area contributed by atoms with E-state index >= 15 is 0 Å². The number of rotatable bonds is 5. The second kappa shape index (κ2) is 7.09. The first-order valence-corrected chi connectivity index (χ1v) is 6.37. The van der Waals surface area contributed by atoms with Crippen molar-refractivity contribution in [2.75, 3.05) is 25.6 Å². The van der Waals surface area contributed by atoms with E-state index in [1.165, 1.54) is 11.8 Å². The van der Waals surface area contributed by atoms with Crippen LogP contribution in [0.15, 0.2) is 0 Å². The van der Waals surface area contributed by atoms with Crippen LogP contribution in [0.3, 0.4) is 0 Å². The Morgan fingerprint density at radius 1 is 1.60 bits per heavy atom. The van der Waals surface area contributed by atoms with E-state index in [0.29, 0.717) is 5.75 Å². The molecule has 1 amide bonds. The Morgan fingerprint density at radius 3 is 2.87 bits per heavy atom. The quantitative estimate of drug-likeness (QED) is 0.721. The molecule has 0 aromatic heterocycles. The number of hydrogen-bond donors (Lipinski definition) is 2. The summed E-state index contributed by atoms with van der Waals surface area (Å²) in [4.78, 5) is 11.5. The molecule has 0 aromatic rings. The first kappa shape index (κ1) is 12.8. The first-order valence-electron chi connectivity index (χ1n) is 5.32. The third kappa shape index (κ3) is 5.39. The maximum atomic E-state index is 11.5. The van der Waals surface area contributed by atoms with Crippen LogP contribution in [-0.4, -0.2) is 47.9 Å². The van der Waals surface area contributed by atoms with Gasteiger partial charge in [0.1, 0.15) is 0 Å². The van der Waals surface area contributed by atoms with Crippen LogP contribution in [0.4, 0.5) is 0 Å². The van der Waals surface area contributed by atoms with Crippen molar-refractivity contribution in [1.29, 1.82) is 0 Å². The lowest BCUT2D eigenvalue weighted by atomic mass is 10.1. The lowest BCUT2D eigenvalue weighted by Crippen LogP contribution is -2.40. The molecule has 1 aliphatic heterocycles. The fourth-order valence-electron chi connectivity index (χ4n) is 1.38. The first-order chi connectivity index (χ1) is 7.22. The van der Waals surface area contributed by atoms with Gasteiger partial charge in [0, 0.05) is 24.5 Å². The number of carbonyl (C=O) groups excluding carboxylic acids is 1. The molecule has 0 saturated carbocycles. The van der Waals surface area contributed by atoms with Crippen LogP contribution in [0.5, 0.6) is 0 Å². The number of nitrogens with one attached hydrogen (secondary N) is 1. The molecule has 0 bridgehead atoms. The minimum atomic E-state index is 0.0622. The zero-order chi connectivity index (χ0) is 11.1. The maximum Gasteiger partial charge on any atom is 0.230 e. The van der Waals surface area contributed by atoms with Gasteiger partial charge in [-0.05, 0) is 12.8 Å². The standard InChI is InChI=1S/C10H19NO3S/c1-8(6-12)15-7-10(13)11-9-2-4-14-5-3-9/h8-9,12H,2-7H2,1H3,(H,11,13). The topological polar surface area (TPSA) is 58.6 Å². The summed E-state index contributed by atoms with van der Waals surface area (Å²) in [5.74, 6) is 0.492. The molecule has 1 saturated heterocycles. The van der Waals surface area contributed by atoms with Crippen molar-refractivity contribution < 1.29 is 14.6 Å². The van der Waals surface area contributed by atoms with Crippen molar-refractivity contribution in [1.82, 2.24) is 5.32 Å². The highest BCUT2D eigenvalue weighted by atomic mass is 32.2. The number of aliphatic hydroxyl groups excluding tert-OH is 1. The van der Waals surface area contributed by atoms with E-state index in [1.807, 2.05) is 6.92 Å². The summed E-state index contributed by atoms with van der Waals surface area (Å²) in [6.45, 7) is 3.51. The van der Waals surface area contributed by atoms with Gasteiger partial charge >= 0.3 is 0 Å². The maximum absolute atomic E-state index is 11.5. The van der Waals surface area contributed by atoms with Crippen molar-refractivity contribution in [3.8, 4) is 0 Å². The normalized spacial score (nSPS) is 19.9. The molecule has 1 unspecified atom stereocenters. The Labute approximate surface area is 94.8 Å². The molecule has 1 aliphatic rings. The summed E-state index contributed by atoms with van der Waals surface area (Å²) in [6, 6.07) is 0.274. The molecule has 88 valence electrons. The van der Waals surface area contributed by atoms with Gasteiger partial charge < -0.3 is 15.2 Å². The number of carbonyl (C=O) groups is 1. The molecule has 4 nitrogen and oxygen atoms in total. The van der Waals surface area contributed by atoms with Crippen molar-refractivity contribution >= 4 is 17.7 Å². The summed E-state index contributed by atoms with van der Waals surface area (Å²) in [6.07, 6.45) is 1.82. The molecule has 1 fully saturated rings. The zero-order valence-electron chi connectivity index (χ0n) is 9.07. The predicted molar refractivity (Wildman–Crippen MR) is 61.0 cm³/mol. The number of hydrogen-bond acceptors (Lipinski definition) is 4. The highest BCUT2D eigenvalue weighted by Crippen LogP contribution is 2.10. The molecular weight excluding hydrogens is 214 g/mol. The molecule has 1 heterocycles. The summed E-state index contributed by atoms with van der Waals surface area (Å²) >= 11 is 1.48. The minimum Gasteiger partial charge on any atom is -0.395 e. The van der Waals surface area contributed by atoms with Crippen molar-refractivity contribution in [2.45, 2.75) is 31.1 Å². The van der Waals surface area contributed by atoms with Crippen LogP contribution < -0.4 is 5.32 Å². The average molecular weight is 233 g/mol. The average Bonchev–Trinajstić information content (AvgIpc) is 2.27. The highest BCUT2D eigenvalue weighted by molar-refractivity contribution is 8.00. The Balaban J connectivity index is 2.11. The van der Waals surface area contributed by atoms with E-state index in [9.17, 15) is 4.79 Å². The van der Waals surface area contributed by atoms with E-state index < -0.39 is 0 Å². The van der Waals surface area contributed by atoms with Gasteiger partial charge in [-0.25, -0.2) is 0 Å². The summed E-state index contributed by atoms with van der Waals surface area (Å²) in [5, 5.41) is 11.9. The van der Waals surface area contributed by atoms with Crippen LogP contribution in [-0.2, 0) is 9.53 Å². The second-order valence-electron chi connectivity index (χ2n) is 3.76. The van der Waals surface area contributed by atoms with E-state index in [1.54, 1.807) is 0 Å². The van der Waals surface area contributed by atoms with Crippen LogP contribution >= 0.6 is 11.8 Å². The number of thioether (sulfide) groups is 1. The molecule has 0 aliphatic carbocycles. The fraction of sp³-hybridized carbons (Fsp3) is 0.900. The zero-order valence-corrected chi connectivity index (χ0v) is 9.89. The Bertz CT molecular complexity index is 195. The molecular formula is C10H19NO3S. The summed E-state index contributed by atoms with van der Waals surface area (Å²) in [5.41, 5.74) is 0. The minimum absolute atomic E-state index is 0.0622. The fourth-order valence-corrected chi connectivity index (χ4v) is 2.01. The summed E-state index contributed by atoms with van der Waals surface area (Å²) in [7, 11) is 0. The lowest BCUT2D eigenvalue weighted by Gasteiger charge is -2.23. The third-order valence-electron chi connectivity index (χ3n) is 2.34. The van der Waals surface area contributed by atoms with E-state index in [4.69, 9.17) is 9.84 Å². The Kier molecular flexibility index (Phi) is 6.05. The van der Waals surface area contributed by atoms with Crippen LogP contribution in [0, 0.1) is 0 Å². The monoisotopic (exact) mass is 233 g/mol. The molecule has 1 rings (SSSR count). The summed E-state index contributed by atoms with van der Waals surface area (Å²) < 4.78 is 5.21. The van der Waals surface area contributed by atoms with Crippen molar-refractivity contribution in [2.24, 2.45) is 0 Å². The van der Waals surface area contributed by atoms with Gasteiger partial charge in [0.15, 0.2) is 0 Å². The van der Waals surface area contributed by atoms with E-state index in [0.717, 1.165) is 26.1 Å². The van der Waals surface area contributed by atoms with Crippen molar-refractivity contribution in [3.05, 3.63) is 0 Å².